The van der Waals surface area contributed by atoms with Gasteiger partial charge in [-0.05, 0) is 42.0 Å². The standard InChI is InChI=1S/C21H21BrFN3O2/c22-19-4-2-1-3-16(19)5-10-21(28)26-13-11-25(12-14-26)15-20(27)24-18-8-6-17(23)7-9-18/h1-10H,11-15H2,(H,24,27)/b10-5+. The van der Waals surface area contributed by atoms with Gasteiger partial charge in [0, 0.05) is 42.4 Å². The first-order valence-corrected chi connectivity index (χ1v) is 9.80. The van der Waals surface area contributed by atoms with Crippen molar-refractivity contribution in [1.82, 2.24) is 9.80 Å². The number of rotatable bonds is 5. The van der Waals surface area contributed by atoms with Crippen molar-refractivity contribution in [2.24, 2.45) is 0 Å². The van der Waals surface area contributed by atoms with E-state index in [0.717, 1.165) is 10.0 Å². The lowest BCUT2D eigenvalue weighted by molar-refractivity contribution is -0.127. The van der Waals surface area contributed by atoms with Crippen molar-refractivity contribution in [3.63, 3.8) is 0 Å². The molecule has 28 heavy (non-hydrogen) atoms. The van der Waals surface area contributed by atoms with E-state index in [4.69, 9.17) is 0 Å². The molecule has 0 spiro atoms. The average molecular weight is 446 g/mol. The number of hydrogen-bond donors (Lipinski definition) is 1. The van der Waals surface area contributed by atoms with Crippen molar-refractivity contribution < 1.29 is 14.0 Å². The Morgan fingerprint density at radius 1 is 1.04 bits per heavy atom. The lowest BCUT2D eigenvalue weighted by Crippen LogP contribution is -2.50. The van der Waals surface area contributed by atoms with Crippen LogP contribution in [0.1, 0.15) is 5.56 Å². The molecule has 146 valence electrons. The predicted octanol–water partition coefficient (Wildman–Crippen LogP) is 3.38. The van der Waals surface area contributed by atoms with Gasteiger partial charge in [-0.15, -0.1) is 0 Å². The van der Waals surface area contributed by atoms with E-state index >= 15 is 0 Å². The molecule has 1 N–H and O–H groups in total. The Balaban J connectivity index is 1.45. The summed E-state index contributed by atoms with van der Waals surface area (Å²) in [5, 5.41) is 2.75. The van der Waals surface area contributed by atoms with Gasteiger partial charge in [0.25, 0.3) is 0 Å². The molecule has 0 unspecified atom stereocenters. The zero-order valence-corrected chi connectivity index (χ0v) is 16.9. The zero-order valence-electron chi connectivity index (χ0n) is 15.3. The highest BCUT2D eigenvalue weighted by Gasteiger charge is 2.21. The normalized spacial score (nSPS) is 15.0. The van der Waals surface area contributed by atoms with E-state index in [-0.39, 0.29) is 24.2 Å². The molecule has 1 fully saturated rings. The first kappa shape index (κ1) is 20.2. The Kier molecular flexibility index (Phi) is 6.95. The first-order chi connectivity index (χ1) is 13.5. The van der Waals surface area contributed by atoms with E-state index in [2.05, 4.69) is 21.2 Å². The van der Waals surface area contributed by atoms with Crippen molar-refractivity contribution in [1.29, 1.82) is 0 Å². The van der Waals surface area contributed by atoms with Crippen molar-refractivity contribution in [2.75, 3.05) is 38.0 Å². The van der Waals surface area contributed by atoms with Gasteiger partial charge in [0.2, 0.25) is 11.8 Å². The van der Waals surface area contributed by atoms with Crippen LogP contribution in [0.2, 0.25) is 0 Å². The number of anilines is 1. The van der Waals surface area contributed by atoms with E-state index in [1.165, 1.54) is 24.3 Å². The number of carbonyl (C=O) groups is 2. The molecule has 0 aromatic heterocycles. The molecule has 1 saturated heterocycles. The summed E-state index contributed by atoms with van der Waals surface area (Å²) in [5.41, 5.74) is 1.52. The number of nitrogens with zero attached hydrogens (tertiary/aromatic N) is 2. The fourth-order valence-corrected chi connectivity index (χ4v) is 3.36. The number of carbonyl (C=O) groups excluding carboxylic acids is 2. The predicted molar refractivity (Wildman–Crippen MR) is 111 cm³/mol. The van der Waals surface area contributed by atoms with Crippen molar-refractivity contribution >= 4 is 39.5 Å². The third-order valence-corrected chi connectivity index (χ3v) is 5.21. The topological polar surface area (TPSA) is 52.7 Å². The second kappa shape index (κ2) is 9.61. The van der Waals surface area contributed by atoms with E-state index in [1.54, 1.807) is 17.1 Å². The van der Waals surface area contributed by atoms with E-state index in [1.807, 2.05) is 29.2 Å². The van der Waals surface area contributed by atoms with E-state index in [9.17, 15) is 14.0 Å². The summed E-state index contributed by atoms with van der Waals surface area (Å²) in [7, 11) is 0. The Morgan fingerprint density at radius 3 is 2.39 bits per heavy atom. The largest absolute Gasteiger partial charge is 0.337 e. The van der Waals surface area contributed by atoms with Gasteiger partial charge >= 0.3 is 0 Å². The molecule has 1 heterocycles. The molecule has 0 bridgehead atoms. The minimum absolute atomic E-state index is 0.0360. The molecule has 2 amide bonds. The van der Waals surface area contributed by atoms with Crippen molar-refractivity contribution in [2.45, 2.75) is 0 Å². The number of nitrogens with one attached hydrogen (secondary N) is 1. The molecule has 3 rings (SSSR count). The Bertz CT molecular complexity index is 862. The monoisotopic (exact) mass is 445 g/mol. The van der Waals surface area contributed by atoms with Crippen LogP contribution in [0.4, 0.5) is 10.1 Å². The van der Waals surface area contributed by atoms with Gasteiger partial charge in [0.1, 0.15) is 5.82 Å². The molecule has 0 aliphatic carbocycles. The molecule has 2 aromatic rings. The van der Waals surface area contributed by atoms with Crippen LogP contribution < -0.4 is 5.32 Å². The molecule has 1 aliphatic rings. The highest BCUT2D eigenvalue weighted by molar-refractivity contribution is 9.10. The summed E-state index contributed by atoms with van der Waals surface area (Å²) >= 11 is 3.46. The average Bonchev–Trinajstić information content (AvgIpc) is 2.69. The fraction of sp³-hybridized carbons (Fsp3) is 0.238. The maximum atomic E-state index is 12.9. The minimum atomic E-state index is -0.340. The Labute approximate surface area is 172 Å². The van der Waals surface area contributed by atoms with Crippen LogP contribution in [0, 0.1) is 5.82 Å². The minimum Gasteiger partial charge on any atom is -0.337 e. The van der Waals surface area contributed by atoms with Crippen molar-refractivity contribution in [3.8, 4) is 0 Å². The first-order valence-electron chi connectivity index (χ1n) is 9.00. The molecule has 2 aromatic carbocycles. The lowest BCUT2D eigenvalue weighted by atomic mass is 10.2. The lowest BCUT2D eigenvalue weighted by Gasteiger charge is -2.33. The van der Waals surface area contributed by atoms with Gasteiger partial charge in [-0.1, -0.05) is 34.1 Å². The summed E-state index contributed by atoms with van der Waals surface area (Å²) in [6, 6.07) is 13.4. The number of hydrogen-bond acceptors (Lipinski definition) is 3. The Morgan fingerprint density at radius 2 is 1.71 bits per heavy atom. The van der Waals surface area contributed by atoms with Crippen LogP contribution in [0.15, 0.2) is 59.1 Å². The Hall–Kier alpha value is -2.51. The van der Waals surface area contributed by atoms with Crippen molar-refractivity contribution in [3.05, 3.63) is 70.5 Å². The SMILES string of the molecule is O=C(CN1CCN(C(=O)/C=C/c2ccccc2Br)CC1)Nc1ccc(F)cc1. The molecule has 7 heteroatoms. The summed E-state index contributed by atoms with van der Waals surface area (Å²) < 4.78 is 13.9. The number of halogens is 2. The third kappa shape index (κ3) is 5.74. The fourth-order valence-electron chi connectivity index (χ4n) is 2.94. The maximum absolute atomic E-state index is 12.9. The summed E-state index contributed by atoms with van der Waals surface area (Å²) in [6.07, 6.45) is 3.38. The molecule has 0 atom stereocenters. The highest BCUT2D eigenvalue weighted by atomic mass is 79.9. The highest BCUT2D eigenvalue weighted by Crippen LogP contribution is 2.17. The van der Waals surface area contributed by atoms with Gasteiger partial charge in [-0.2, -0.15) is 0 Å². The van der Waals surface area contributed by atoms with Gasteiger partial charge in [-0.25, -0.2) is 4.39 Å². The van der Waals surface area contributed by atoms with Crippen LogP contribution in [0.25, 0.3) is 6.08 Å². The molecule has 5 nitrogen and oxygen atoms in total. The quantitative estimate of drug-likeness (QED) is 0.717. The second-order valence-electron chi connectivity index (χ2n) is 6.51. The molecule has 0 saturated carbocycles. The summed E-state index contributed by atoms with van der Waals surface area (Å²) in [6.45, 7) is 2.65. The molecule has 0 radical (unpaired) electrons. The van der Waals surface area contributed by atoms with Crippen LogP contribution >= 0.6 is 15.9 Å². The number of amides is 2. The van der Waals surface area contributed by atoms with Crippen LogP contribution in [-0.2, 0) is 9.59 Å². The third-order valence-electron chi connectivity index (χ3n) is 4.49. The van der Waals surface area contributed by atoms with E-state index < -0.39 is 0 Å². The number of piperazine rings is 1. The van der Waals surface area contributed by atoms with Gasteiger partial charge in [0.05, 0.1) is 6.54 Å². The smallest absolute Gasteiger partial charge is 0.246 e. The molecule has 1 aliphatic heterocycles. The number of benzene rings is 2. The molecular weight excluding hydrogens is 425 g/mol. The van der Waals surface area contributed by atoms with Gasteiger partial charge in [0.15, 0.2) is 0 Å². The van der Waals surface area contributed by atoms with Gasteiger partial charge < -0.3 is 10.2 Å². The maximum Gasteiger partial charge on any atom is 0.246 e. The van der Waals surface area contributed by atoms with E-state index in [0.29, 0.717) is 31.9 Å². The summed E-state index contributed by atoms with van der Waals surface area (Å²) in [5.74, 6) is -0.529. The second-order valence-corrected chi connectivity index (χ2v) is 7.37. The van der Waals surface area contributed by atoms with Gasteiger partial charge in [-0.3, -0.25) is 14.5 Å². The molecular formula is C21H21BrFN3O2. The van der Waals surface area contributed by atoms with Crippen LogP contribution in [0.3, 0.4) is 0 Å². The van der Waals surface area contributed by atoms with Crippen LogP contribution in [0.5, 0.6) is 0 Å². The summed E-state index contributed by atoms with van der Waals surface area (Å²) in [4.78, 5) is 28.3. The zero-order chi connectivity index (χ0) is 19.9. The van der Waals surface area contributed by atoms with Crippen LogP contribution in [-0.4, -0.2) is 54.3 Å².